The molecule has 58 heavy (non-hydrogen) atoms. The summed E-state index contributed by atoms with van der Waals surface area (Å²) < 4.78 is 31.7. The molecule has 348 valence electrons. The molecule has 1 unspecified atom stereocenters. The van der Waals surface area contributed by atoms with Crippen molar-refractivity contribution in [2.24, 2.45) is 17.8 Å². The van der Waals surface area contributed by atoms with Crippen molar-refractivity contribution in [2.45, 2.75) is 113 Å². The summed E-state index contributed by atoms with van der Waals surface area (Å²) in [7, 11) is 6.73. The highest BCUT2D eigenvalue weighted by Crippen LogP contribution is 2.21. The first-order valence-corrected chi connectivity index (χ1v) is 25.0. The summed E-state index contributed by atoms with van der Waals surface area (Å²) in [5, 5.41) is 6.16. The number of methoxy groups -OCH3 is 3. The summed E-state index contributed by atoms with van der Waals surface area (Å²) in [6.07, 6.45) is 2.39. The SMILES string of the molecule is CC.CC.CC.CN[C@@H](CCSCCOC)C(=O)C[C@@H](CCSCCOC)C(=O)N[C@@H](CC(C)C)C(=O)CC(CCSCCOCCOCCOCCOC)C(C)=O. The molecule has 0 aliphatic rings. The molecule has 0 rings (SSSR count). The molecular weight excluding hydrogens is 801 g/mol. The Labute approximate surface area is 368 Å². The molecule has 0 aromatic rings. The highest BCUT2D eigenvalue weighted by Gasteiger charge is 2.31. The number of hydrogen-bond donors (Lipinski definition) is 2. The second-order valence-electron chi connectivity index (χ2n) is 12.9. The number of carbonyl (C=O) groups excluding carboxylic acids is 4. The average molecular weight is 889 g/mol. The number of hydrogen-bond acceptors (Lipinski definition) is 14. The van der Waals surface area contributed by atoms with Gasteiger partial charge in [-0.15, -0.1) is 0 Å². The third-order valence-corrected chi connectivity index (χ3v) is 11.1. The Morgan fingerprint density at radius 1 is 0.517 bits per heavy atom. The zero-order chi connectivity index (χ0) is 44.8. The van der Waals surface area contributed by atoms with Crippen molar-refractivity contribution >= 4 is 58.5 Å². The molecule has 12 nitrogen and oxygen atoms in total. The lowest BCUT2D eigenvalue weighted by molar-refractivity contribution is -0.134. The molecule has 0 bridgehead atoms. The molecule has 0 spiro atoms. The zero-order valence-electron chi connectivity index (χ0n) is 39.0. The Kier molecular flexibility index (Phi) is 55.7. The maximum absolute atomic E-state index is 13.8. The van der Waals surface area contributed by atoms with Crippen LogP contribution in [0.4, 0.5) is 0 Å². The molecule has 15 heteroatoms. The predicted octanol–water partition coefficient (Wildman–Crippen LogP) is 7.28. The maximum atomic E-state index is 13.8. The average Bonchev–Trinajstić information content (AvgIpc) is 3.22. The van der Waals surface area contributed by atoms with Gasteiger partial charge in [0.2, 0.25) is 5.91 Å². The largest absolute Gasteiger partial charge is 0.384 e. The predicted molar refractivity (Wildman–Crippen MR) is 249 cm³/mol. The second-order valence-corrected chi connectivity index (χ2v) is 16.6. The van der Waals surface area contributed by atoms with Crippen molar-refractivity contribution < 1.29 is 47.6 Å². The van der Waals surface area contributed by atoms with Crippen LogP contribution in [0.15, 0.2) is 0 Å². The Bertz CT molecular complexity index is 922. The highest BCUT2D eigenvalue weighted by molar-refractivity contribution is 7.99. The first-order chi connectivity index (χ1) is 28.1. The third kappa shape index (κ3) is 40.6. The molecule has 0 fully saturated rings. The van der Waals surface area contributed by atoms with Gasteiger partial charge in [-0.25, -0.2) is 0 Å². The van der Waals surface area contributed by atoms with Crippen LogP contribution in [-0.2, 0) is 47.6 Å². The van der Waals surface area contributed by atoms with E-state index in [0.29, 0.717) is 90.9 Å². The van der Waals surface area contributed by atoms with Crippen LogP contribution in [-0.4, -0.2) is 158 Å². The third-order valence-electron chi connectivity index (χ3n) is 8.17. The number of nitrogens with one attached hydrogen (secondary N) is 2. The fraction of sp³-hybridized carbons (Fsp3) is 0.907. The van der Waals surface area contributed by atoms with E-state index in [1.54, 1.807) is 63.7 Å². The minimum absolute atomic E-state index is 0.00369. The lowest BCUT2D eigenvalue weighted by Gasteiger charge is -2.25. The summed E-state index contributed by atoms with van der Waals surface area (Å²) in [5.74, 6) is 3.38. The van der Waals surface area contributed by atoms with Crippen molar-refractivity contribution in [2.75, 3.05) is 122 Å². The number of amides is 1. The number of Topliss-reactive ketones (excluding diaryl/α,β-unsaturated/α-hetero) is 3. The van der Waals surface area contributed by atoms with Crippen LogP contribution in [0, 0.1) is 17.8 Å². The van der Waals surface area contributed by atoms with Gasteiger partial charge in [-0.1, -0.05) is 55.4 Å². The van der Waals surface area contributed by atoms with Gasteiger partial charge in [0, 0.05) is 63.3 Å². The summed E-state index contributed by atoms with van der Waals surface area (Å²) in [5.41, 5.74) is 0. The molecule has 0 aromatic heterocycles. The fourth-order valence-electron chi connectivity index (χ4n) is 5.09. The Morgan fingerprint density at radius 2 is 0.914 bits per heavy atom. The van der Waals surface area contributed by atoms with E-state index in [0.717, 1.165) is 28.8 Å². The molecule has 0 saturated carbocycles. The van der Waals surface area contributed by atoms with E-state index < -0.39 is 17.9 Å². The van der Waals surface area contributed by atoms with E-state index in [1.165, 1.54) is 6.92 Å². The molecule has 4 atom stereocenters. The molecule has 1 amide bonds. The van der Waals surface area contributed by atoms with Gasteiger partial charge in [-0.05, 0) is 62.8 Å². The van der Waals surface area contributed by atoms with Crippen molar-refractivity contribution in [1.29, 1.82) is 0 Å². The minimum Gasteiger partial charge on any atom is -0.384 e. The molecule has 0 heterocycles. The van der Waals surface area contributed by atoms with Crippen molar-refractivity contribution in [3.8, 4) is 0 Å². The van der Waals surface area contributed by atoms with Crippen molar-refractivity contribution in [3.63, 3.8) is 0 Å². The molecule has 0 aromatic carbocycles. The molecule has 0 aliphatic heterocycles. The number of carbonyl (C=O) groups is 4. The van der Waals surface area contributed by atoms with Gasteiger partial charge < -0.3 is 39.1 Å². The van der Waals surface area contributed by atoms with E-state index in [-0.39, 0.29) is 48.1 Å². The normalized spacial score (nSPS) is 12.8. The van der Waals surface area contributed by atoms with Crippen molar-refractivity contribution in [3.05, 3.63) is 0 Å². The summed E-state index contributed by atoms with van der Waals surface area (Å²) >= 11 is 5.10. The quantitative estimate of drug-likeness (QED) is 0.0596. The maximum Gasteiger partial charge on any atom is 0.224 e. The first kappa shape index (κ1) is 63.9. The van der Waals surface area contributed by atoms with Crippen LogP contribution in [0.3, 0.4) is 0 Å². The molecule has 0 radical (unpaired) electrons. The van der Waals surface area contributed by atoms with Gasteiger partial charge in [0.1, 0.15) is 5.78 Å². The van der Waals surface area contributed by atoms with Crippen LogP contribution < -0.4 is 10.6 Å². The number of rotatable bonds is 39. The van der Waals surface area contributed by atoms with Gasteiger partial charge >= 0.3 is 0 Å². The van der Waals surface area contributed by atoms with Crippen LogP contribution in [0.1, 0.15) is 101 Å². The van der Waals surface area contributed by atoms with E-state index in [2.05, 4.69) is 10.6 Å². The Hall–Kier alpha value is -0.750. The highest BCUT2D eigenvalue weighted by atomic mass is 32.2. The number of thioether (sulfide) groups is 3. The van der Waals surface area contributed by atoms with Crippen molar-refractivity contribution in [1.82, 2.24) is 10.6 Å². The fourth-order valence-corrected chi connectivity index (χ4v) is 7.81. The molecule has 0 saturated heterocycles. The van der Waals surface area contributed by atoms with Gasteiger partial charge in [0.05, 0.1) is 71.5 Å². The first-order valence-electron chi connectivity index (χ1n) is 21.6. The smallest absolute Gasteiger partial charge is 0.224 e. The van der Waals surface area contributed by atoms with E-state index in [9.17, 15) is 19.2 Å². The van der Waals surface area contributed by atoms with Crippen LogP contribution in [0.2, 0.25) is 0 Å². The Balaban J connectivity index is -0.00000231. The van der Waals surface area contributed by atoms with Crippen LogP contribution >= 0.6 is 35.3 Å². The van der Waals surface area contributed by atoms with Crippen LogP contribution in [0.5, 0.6) is 0 Å². The molecule has 2 N–H and O–H groups in total. The lowest BCUT2D eigenvalue weighted by Crippen LogP contribution is -2.46. The van der Waals surface area contributed by atoms with Gasteiger partial charge in [-0.3, -0.25) is 19.2 Å². The van der Waals surface area contributed by atoms with Crippen LogP contribution in [0.25, 0.3) is 0 Å². The number of likely N-dealkylation sites (N-methyl/N-ethyl adjacent to an activating group) is 1. The molecular formula is C43H88N2O10S3. The summed E-state index contributed by atoms with van der Waals surface area (Å²) in [6, 6.07) is -1.07. The van der Waals surface area contributed by atoms with E-state index in [4.69, 9.17) is 28.4 Å². The topological polar surface area (TPSA) is 148 Å². The summed E-state index contributed by atoms with van der Waals surface area (Å²) in [4.78, 5) is 53.5. The standard InChI is InChI=1S/C37H70N2O10S3.3C2H6/c1-29(2)26-34(36(42)27-31(30(3)40)8-20-51-25-19-49-16-15-48-14-13-47-12-11-44-5)39-37(43)32(9-21-50-23-17-45-6)28-35(41)33(38-4)10-22-52-24-18-46-7;3*1-2/h29,31-34,38H,8-28H2,1-7H3,(H,39,43);3*1-2H3/t31?,32-,33+,34+;;;/m1.../s1. The van der Waals surface area contributed by atoms with E-state index >= 15 is 0 Å². The number of ketones is 3. The number of ether oxygens (including phenoxy) is 6. The monoisotopic (exact) mass is 889 g/mol. The lowest BCUT2D eigenvalue weighted by atomic mass is 9.89. The van der Waals surface area contributed by atoms with Gasteiger partial charge in [-0.2, -0.15) is 35.3 Å². The zero-order valence-corrected chi connectivity index (χ0v) is 41.5. The minimum atomic E-state index is -0.717. The Morgan fingerprint density at radius 3 is 1.36 bits per heavy atom. The van der Waals surface area contributed by atoms with E-state index in [1.807, 2.05) is 55.4 Å². The second kappa shape index (κ2) is 50.6. The van der Waals surface area contributed by atoms with Gasteiger partial charge in [0.25, 0.3) is 0 Å². The summed E-state index contributed by atoms with van der Waals surface area (Å²) in [6.45, 7) is 22.5. The van der Waals surface area contributed by atoms with Gasteiger partial charge in [0.15, 0.2) is 11.6 Å². The molecule has 0 aliphatic carbocycles.